The Hall–Kier alpha value is -11.6. The topological polar surface area (TPSA) is 285 Å². The fourth-order valence-electron chi connectivity index (χ4n) is 12.4. The number of hydrogen-bond donors (Lipinski definition) is 0. The van der Waals surface area contributed by atoms with Crippen molar-refractivity contribution in [2.75, 3.05) is 23.0 Å². The maximum atomic E-state index is 14.5. The van der Waals surface area contributed by atoms with Crippen LogP contribution < -0.4 is 0 Å². The molecule has 0 bridgehead atoms. The molecule has 0 saturated heterocycles. The molecule has 12 rings (SSSR count). The van der Waals surface area contributed by atoms with Gasteiger partial charge in [0, 0.05) is 87.6 Å². The highest BCUT2D eigenvalue weighted by molar-refractivity contribution is 7.92. The number of sulfone groups is 4. The van der Waals surface area contributed by atoms with Crippen molar-refractivity contribution < 1.29 is 179 Å². The van der Waals surface area contributed by atoms with E-state index in [0.717, 1.165) is 68.8 Å². The summed E-state index contributed by atoms with van der Waals surface area (Å²) >= 11 is 0. The molecule has 1 atom stereocenters. The van der Waals surface area contributed by atoms with Gasteiger partial charge in [0.2, 0.25) is 0 Å². The molecule has 0 N–H and O–H groups in total. The Balaban J connectivity index is 0.000000203. The number of aromatic nitrogens is 14. The average Bonchev–Trinajstić information content (AvgIpc) is 1.61. The molecule has 11 aromatic rings. The van der Waals surface area contributed by atoms with Gasteiger partial charge in [0.1, 0.15) is 57.2 Å². The van der Waals surface area contributed by atoms with Crippen LogP contribution in [0.4, 0.5) is 145 Å². The average molecular weight is 2070 g/mol. The molecule has 1 unspecified atom stereocenters. The Kier molecular flexibility index (Phi) is 29.7. The van der Waals surface area contributed by atoms with E-state index in [-0.39, 0.29) is 88.2 Å². The molecular weight excluding hydrogens is 2000 g/mol. The zero-order chi connectivity index (χ0) is 103. The monoisotopic (exact) mass is 2060 g/mol. The van der Waals surface area contributed by atoms with Gasteiger partial charge in [0.25, 0.3) is 0 Å². The van der Waals surface area contributed by atoms with E-state index in [9.17, 15) is 179 Å². The quantitative estimate of drug-likeness (QED) is 0.0480. The highest BCUT2D eigenvalue weighted by Crippen LogP contribution is 2.60. The van der Waals surface area contributed by atoms with Crippen LogP contribution in [0.3, 0.4) is 0 Å². The lowest BCUT2D eigenvalue weighted by molar-refractivity contribution is -0.400. The smallest absolute Gasteiger partial charge is 0.327 e. The maximum Gasteiger partial charge on any atom is 0.460 e. The van der Waals surface area contributed by atoms with Crippen molar-refractivity contribution in [3.8, 4) is 79.7 Å². The first kappa shape index (κ1) is 108. The molecule has 59 heteroatoms. The van der Waals surface area contributed by atoms with Crippen LogP contribution in [0.25, 0.3) is 79.7 Å². The Morgan fingerprint density at radius 1 is 0.331 bits per heavy atom. The summed E-state index contributed by atoms with van der Waals surface area (Å²) in [6, 6.07) is 16.6. The fraction of sp³-hybridized carbons (Fsp3) is 0.377. The number of nitrogens with zero attached hydrogens (tertiary/aromatic N) is 14. The van der Waals surface area contributed by atoms with Crippen LogP contribution >= 0.6 is 0 Å². The van der Waals surface area contributed by atoms with Crippen LogP contribution in [-0.4, -0.2) is 185 Å². The van der Waals surface area contributed by atoms with Gasteiger partial charge in [0.05, 0.1) is 78.8 Å². The zero-order valence-electron chi connectivity index (χ0n) is 69.3. The lowest BCUT2D eigenvalue weighted by Gasteiger charge is -2.33. The van der Waals surface area contributed by atoms with Gasteiger partial charge < -0.3 is 18.3 Å². The molecule has 10 heterocycles. The normalized spacial score (nSPS) is 14.3. The second kappa shape index (κ2) is 37.4. The van der Waals surface area contributed by atoms with E-state index in [1.807, 2.05) is 0 Å². The van der Waals surface area contributed by atoms with Crippen molar-refractivity contribution in [3.63, 3.8) is 0 Å². The molecule has 1 aliphatic carbocycles. The third-order valence-electron chi connectivity index (χ3n) is 20.4. The summed E-state index contributed by atoms with van der Waals surface area (Å²) in [7, 11) is -13.6. The number of hydrogen-bond acceptors (Lipinski definition) is 18. The van der Waals surface area contributed by atoms with E-state index in [1.54, 1.807) is 12.1 Å². The highest BCUT2D eigenvalue weighted by Gasteiger charge is 2.83. The van der Waals surface area contributed by atoms with Gasteiger partial charge in [-0.15, -0.1) is 0 Å². The molecule has 1 saturated carbocycles. The zero-order valence-corrected chi connectivity index (χ0v) is 72.6. The highest BCUT2D eigenvalue weighted by atomic mass is 32.2. The summed E-state index contributed by atoms with van der Waals surface area (Å²) in [5, 5.41) is 0. The standard InChI is InChI=1S/C20H15F9N4O2S.C20H15F8N3O2S.C19H14F8N4O2S.C18H17F8N3O2S/c1-3-36(34,35)13-8-11(12-6-4-5-7-30-12)9-31-15(13)16-32-10-14(33(16)2)17(21,22)18(23,24)19(25,26)20(27,28)29;1-3-34(32,33)14-8-11(12-6-4-5-7-13(12)21)9-29-16(14)17-30-10-15(31(17)2)18(22,23)19(24,25)20(26,27)28;1-3-34(32,33)12-7-10(14-11(20)5-4-6-28-14)8-29-15(12)16-30-9-13(31(16)2)17(21,22)18(23,24)19(25,26)27;1-3-32(30,31)12-6-10(9-4-5-9)7-27-13(12)15-28-8-11(29(15)2)14(19)16(20,17(21,22)23)18(24,25)26/h4-10H,3H2,1-2H3;4-10H,3H2,1-2H3;4-9H,3H2,1-2H3;6-9,14H,3-5H2,1-2H3. The number of alkyl halides is 31. The third-order valence-corrected chi connectivity index (χ3v) is 27.4. The summed E-state index contributed by atoms with van der Waals surface area (Å²) in [6.45, 7) is 5.05. The molecule has 1 aromatic carbocycles. The Morgan fingerprint density at radius 3 is 1.03 bits per heavy atom. The lowest BCUT2D eigenvalue weighted by Crippen LogP contribution is -2.59. The third kappa shape index (κ3) is 19.7. The van der Waals surface area contributed by atoms with Crippen LogP contribution in [0.5, 0.6) is 0 Å². The molecule has 0 amide bonds. The molecule has 136 heavy (non-hydrogen) atoms. The predicted molar refractivity (Wildman–Crippen MR) is 410 cm³/mol. The van der Waals surface area contributed by atoms with Gasteiger partial charge in [-0.2, -0.15) is 127 Å². The van der Waals surface area contributed by atoms with Gasteiger partial charge in [-0.25, -0.2) is 71.2 Å². The van der Waals surface area contributed by atoms with Crippen LogP contribution in [0.2, 0.25) is 0 Å². The Labute approximate surface area is 744 Å². The Bertz CT molecular complexity index is 6540. The first-order valence-corrected chi connectivity index (χ1v) is 44.3. The summed E-state index contributed by atoms with van der Waals surface area (Å²) in [5.41, 5.74) is -14.9. The predicted octanol–water partition coefficient (Wildman–Crippen LogP) is 20.4. The van der Waals surface area contributed by atoms with E-state index in [4.69, 9.17) is 0 Å². The van der Waals surface area contributed by atoms with Crippen molar-refractivity contribution in [3.05, 3.63) is 181 Å². The van der Waals surface area contributed by atoms with E-state index in [2.05, 4.69) is 49.8 Å². The minimum Gasteiger partial charge on any atom is -0.327 e. The van der Waals surface area contributed by atoms with Crippen LogP contribution in [0.15, 0.2) is 160 Å². The molecule has 1 aliphatic rings. The number of halogens is 33. The first-order valence-electron chi connectivity index (χ1n) is 37.7. The SMILES string of the molecule is CCS(=O)(=O)c1cc(-c2ccccc2F)cnc1-c1ncc(C(F)(F)C(F)(F)C(F)(F)F)n1C.CCS(=O)(=O)c1cc(-c2ccccn2)cnc1-c1ncc(C(F)(F)C(F)(F)C(F)(F)C(F)(F)F)n1C.CCS(=O)(=O)c1cc(-c2ncccc2F)cnc1-c1ncc(C(F)(F)C(F)(F)C(F)(F)F)n1C.CCS(=O)(=O)c1cc(C2CC2)cnc1-c1ncc(C(F)C(F)(C(F)(F)F)C(F)(F)F)n1C. The van der Waals surface area contributed by atoms with E-state index in [0.29, 0.717) is 37.5 Å². The number of pyridine rings is 6. The second-order valence-electron chi connectivity index (χ2n) is 29.0. The fourth-order valence-corrected chi connectivity index (χ4v) is 16.7. The van der Waals surface area contributed by atoms with Gasteiger partial charge in [0.15, 0.2) is 68.8 Å². The van der Waals surface area contributed by atoms with Crippen LogP contribution in [0.1, 0.15) is 81.0 Å². The van der Waals surface area contributed by atoms with Gasteiger partial charge in [-0.3, -0.25) is 29.9 Å². The largest absolute Gasteiger partial charge is 0.460 e. The van der Waals surface area contributed by atoms with Crippen LogP contribution in [0, 0.1) is 11.6 Å². The summed E-state index contributed by atoms with van der Waals surface area (Å²) < 4.78 is 544. The minimum absolute atomic E-state index is 0.00255. The van der Waals surface area contributed by atoms with Crippen LogP contribution in [-0.2, 0) is 85.3 Å². The van der Waals surface area contributed by atoms with Crippen molar-refractivity contribution in [1.82, 2.24) is 68.1 Å². The van der Waals surface area contributed by atoms with Crippen molar-refractivity contribution in [2.24, 2.45) is 28.2 Å². The van der Waals surface area contributed by atoms with E-state index in [1.165, 1.54) is 82.7 Å². The van der Waals surface area contributed by atoms with E-state index >= 15 is 0 Å². The summed E-state index contributed by atoms with van der Waals surface area (Å²) in [5.74, 6) is -50.6. The number of imidazole rings is 4. The summed E-state index contributed by atoms with van der Waals surface area (Å²) in [4.78, 5) is 35.1. The molecule has 10 aromatic heterocycles. The molecule has 742 valence electrons. The minimum atomic E-state index is -7.10. The summed E-state index contributed by atoms with van der Waals surface area (Å²) in [6.07, 6.45) is -28.6. The van der Waals surface area contributed by atoms with Crippen molar-refractivity contribution >= 4 is 39.3 Å². The van der Waals surface area contributed by atoms with E-state index < -0.39 is 230 Å². The number of rotatable bonds is 25. The lowest BCUT2D eigenvalue weighted by atomic mass is 9.96. The number of benzene rings is 1. The molecule has 0 spiro atoms. The van der Waals surface area contributed by atoms with Crippen molar-refractivity contribution in [2.45, 2.75) is 150 Å². The molecule has 0 radical (unpaired) electrons. The van der Waals surface area contributed by atoms with Gasteiger partial charge >= 0.3 is 78.0 Å². The van der Waals surface area contributed by atoms with Crippen molar-refractivity contribution in [1.29, 1.82) is 0 Å². The molecule has 1 fully saturated rings. The first-order chi connectivity index (χ1) is 62.1. The molecule has 0 aliphatic heterocycles. The molecular formula is C77H61F33N14O8S4. The van der Waals surface area contributed by atoms with Gasteiger partial charge in [-0.1, -0.05) is 52.0 Å². The molecule has 22 nitrogen and oxygen atoms in total. The second-order valence-corrected chi connectivity index (χ2v) is 38.0. The van der Waals surface area contributed by atoms with Gasteiger partial charge in [-0.05, 0) is 78.9 Å². The Morgan fingerprint density at radius 2 is 0.662 bits per heavy atom. The maximum absolute atomic E-state index is 14.5.